The number of benzene rings is 3. The van der Waals surface area contributed by atoms with E-state index in [9.17, 15) is 19.7 Å². The molecule has 184 valence electrons. The number of amides is 2. The molecule has 0 aliphatic carbocycles. The highest BCUT2D eigenvalue weighted by Crippen LogP contribution is 2.33. The lowest BCUT2D eigenvalue weighted by molar-refractivity contribution is -0.385. The number of nitrogens with one attached hydrogen (secondary N) is 3. The van der Waals surface area contributed by atoms with Crippen molar-refractivity contribution in [1.82, 2.24) is 15.2 Å². The van der Waals surface area contributed by atoms with Crippen molar-refractivity contribution in [2.24, 2.45) is 0 Å². The molecule has 3 aromatic carbocycles. The standard InChI is InChI=1S/C26H20N6O5/c1-14-3-10-23-21(11-14)30-26(37-23)20-13-27-31-24(20)16-4-6-17(7-5-16)29-25(34)19-12-18(28-15(2)33)8-9-22(19)32(35)36/h3-13H,1-2H3,(H,27,31)(H,28,33)(H,29,34). The van der Waals surface area contributed by atoms with Gasteiger partial charge in [-0.2, -0.15) is 5.10 Å². The lowest BCUT2D eigenvalue weighted by Gasteiger charge is -2.09. The fourth-order valence-electron chi connectivity index (χ4n) is 3.90. The molecule has 37 heavy (non-hydrogen) atoms. The van der Waals surface area contributed by atoms with E-state index in [4.69, 9.17) is 4.42 Å². The van der Waals surface area contributed by atoms with Crippen LogP contribution in [0.1, 0.15) is 22.8 Å². The Morgan fingerprint density at radius 3 is 2.49 bits per heavy atom. The number of aromatic amines is 1. The molecule has 0 aliphatic heterocycles. The first-order valence-corrected chi connectivity index (χ1v) is 11.2. The second-order valence-corrected chi connectivity index (χ2v) is 8.35. The molecular formula is C26H20N6O5. The minimum atomic E-state index is -0.685. The van der Waals surface area contributed by atoms with Crippen molar-refractivity contribution in [2.45, 2.75) is 13.8 Å². The van der Waals surface area contributed by atoms with Gasteiger partial charge in [-0.3, -0.25) is 24.8 Å². The van der Waals surface area contributed by atoms with E-state index in [1.807, 2.05) is 25.1 Å². The van der Waals surface area contributed by atoms with Gasteiger partial charge in [-0.1, -0.05) is 18.2 Å². The number of fused-ring (bicyclic) bond motifs is 1. The van der Waals surface area contributed by atoms with Gasteiger partial charge < -0.3 is 15.1 Å². The highest BCUT2D eigenvalue weighted by atomic mass is 16.6. The van der Waals surface area contributed by atoms with Crippen molar-refractivity contribution >= 4 is 40.0 Å². The van der Waals surface area contributed by atoms with E-state index in [-0.39, 0.29) is 22.8 Å². The molecule has 2 aromatic heterocycles. The van der Waals surface area contributed by atoms with Crippen LogP contribution in [0.3, 0.4) is 0 Å². The Hall–Kier alpha value is -5.32. The molecule has 5 rings (SSSR count). The summed E-state index contributed by atoms with van der Waals surface area (Å²) >= 11 is 0. The van der Waals surface area contributed by atoms with Crippen LogP contribution in [0.4, 0.5) is 17.1 Å². The number of nitrogens with zero attached hydrogens (tertiary/aromatic N) is 3. The zero-order valence-corrected chi connectivity index (χ0v) is 19.7. The Kier molecular flexibility index (Phi) is 5.94. The van der Waals surface area contributed by atoms with Crippen molar-refractivity contribution in [2.75, 3.05) is 10.6 Å². The van der Waals surface area contributed by atoms with E-state index in [0.29, 0.717) is 28.4 Å². The van der Waals surface area contributed by atoms with E-state index in [2.05, 4.69) is 25.8 Å². The first-order chi connectivity index (χ1) is 17.8. The number of nitro groups is 1. The quantitative estimate of drug-likeness (QED) is 0.212. The molecule has 0 saturated carbocycles. The van der Waals surface area contributed by atoms with Gasteiger partial charge in [-0.15, -0.1) is 0 Å². The summed E-state index contributed by atoms with van der Waals surface area (Å²) in [5.41, 5.74) is 4.76. The summed E-state index contributed by atoms with van der Waals surface area (Å²) in [4.78, 5) is 39.6. The van der Waals surface area contributed by atoms with Gasteiger partial charge in [-0.25, -0.2) is 4.98 Å². The van der Waals surface area contributed by atoms with Gasteiger partial charge in [0, 0.05) is 29.9 Å². The molecule has 2 heterocycles. The number of carbonyl (C=O) groups excluding carboxylic acids is 2. The van der Waals surface area contributed by atoms with E-state index in [0.717, 1.165) is 16.6 Å². The van der Waals surface area contributed by atoms with E-state index < -0.39 is 10.8 Å². The van der Waals surface area contributed by atoms with Crippen molar-refractivity contribution in [1.29, 1.82) is 0 Å². The summed E-state index contributed by atoms with van der Waals surface area (Å²) < 4.78 is 5.91. The Balaban J connectivity index is 1.39. The van der Waals surface area contributed by atoms with Crippen LogP contribution in [-0.4, -0.2) is 31.9 Å². The SMILES string of the molecule is CC(=O)Nc1ccc([N+](=O)[O-])c(C(=O)Nc2ccc(-c3[nH]ncc3-c3nc4cc(C)ccc4o3)cc2)c1. The van der Waals surface area contributed by atoms with Gasteiger partial charge in [0.15, 0.2) is 5.58 Å². The smallest absolute Gasteiger partial charge is 0.282 e. The number of H-pyrrole nitrogens is 1. The van der Waals surface area contributed by atoms with Crippen molar-refractivity contribution < 1.29 is 18.9 Å². The second kappa shape index (κ2) is 9.38. The second-order valence-electron chi connectivity index (χ2n) is 8.35. The van der Waals surface area contributed by atoms with Crippen LogP contribution in [-0.2, 0) is 4.79 Å². The molecule has 0 aliphatic rings. The Morgan fingerprint density at radius 1 is 1.00 bits per heavy atom. The number of carbonyl (C=O) groups is 2. The minimum Gasteiger partial charge on any atom is -0.436 e. The third-order valence-electron chi connectivity index (χ3n) is 5.60. The zero-order chi connectivity index (χ0) is 26.1. The fourth-order valence-corrected chi connectivity index (χ4v) is 3.90. The predicted octanol–water partition coefficient (Wildman–Crippen LogP) is 5.31. The van der Waals surface area contributed by atoms with Crippen LogP contribution in [0.5, 0.6) is 0 Å². The maximum absolute atomic E-state index is 12.9. The van der Waals surface area contributed by atoms with E-state index in [1.54, 1.807) is 30.5 Å². The van der Waals surface area contributed by atoms with Crippen LogP contribution < -0.4 is 10.6 Å². The van der Waals surface area contributed by atoms with Crippen LogP contribution in [0.25, 0.3) is 33.8 Å². The molecule has 0 spiro atoms. The van der Waals surface area contributed by atoms with Crippen LogP contribution in [0.2, 0.25) is 0 Å². The van der Waals surface area contributed by atoms with Crippen LogP contribution >= 0.6 is 0 Å². The van der Waals surface area contributed by atoms with Crippen LogP contribution in [0.15, 0.2) is 71.3 Å². The first kappa shape index (κ1) is 23.4. The molecule has 11 heteroatoms. The number of hydrogen-bond acceptors (Lipinski definition) is 7. The third-order valence-corrected chi connectivity index (χ3v) is 5.60. The van der Waals surface area contributed by atoms with Gasteiger partial charge in [0.25, 0.3) is 11.6 Å². The maximum atomic E-state index is 12.9. The van der Waals surface area contributed by atoms with E-state index in [1.165, 1.54) is 25.1 Å². The van der Waals surface area contributed by atoms with Gasteiger partial charge in [-0.05, 0) is 48.9 Å². The molecule has 5 aromatic rings. The maximum Gasteiger partial charge on any atom is 0.282 e. The molecule has 0 radical (unpaired) electrons. The topological polar surface area (TPSA) is 156 Å². The molecule has 11 nitrogen and oxygen atoms in total. The summed E-state index contributed by atoms with van der Waals surface area (Å²) in [6, 6.07) is 16.4. The molecule has 0 saturated heterocycles. The number of aromatic nitrogens is 3. The highest BCUT2D eigenvalue weighted by Gasteiger charge is 2.22. The Morgan fingerprint density at radius 2 is 1.76 bits per heavy atom. The minimum absolute atomic E-state index is 0.178. The molecule has 2 amide bonds. The molecule has 0 unspecified atom stereocenters. The van der Waals surface area contributed by atoms with Crippen molar-refractivity contribution in [3.63, 3.8) is 0 Å². The largest absolute Gasteiger partial charge is 0.436 e. The van der Waals surface area contributed by atoms with Crippen LogP contribution in [0, 0.1) is 17.0 Å². The Bertz CT molecular complexity index is 1670. The Labute approximate surface area is 209 Å². The number of hydrogen-bond donors (Lipinski definition) is 3. The average molecular weight is 496 g/mol. The lowest BCUT2D eigenvalue weighted by Crippen LogP contribution is -2.15. The average Bonchev–Trinajstić information content (AvgIpc) is 3.50. The number of oxazole rings is 1. The van der Waals surface area contributed by atoms with Gasteiger partial charge in [0.1, 0.15) is 11.1 Å². The van der Waals surface area contributed by atoms with Crippen molar-refractivity contribution in [3.8, 4) is 22.7 Å². The predicted molar refractivity (Wildman–Crippen MR) is 137 cm³/mol. The van der Waals surface area contributed by atoms with Gasteiger partial charge in [0.05, 0.1) is 22.4 Å². The summed E-state index contributed by atoms with van der Waals surface area (Å²) in [5, 5.41) is 23.7. The zero-order valence-electron chi connectivity index (χ0n) is 19.7. The molecule has 3 N–H and O–H groups in total. The molecular weight excluding hydrogens is 476 g/mol. The fraction of sp³-hybridized carbons (Fsp3) is 0.0769. The normalized spacial score (nSPS) is 10.9. The number of rotatable bonds is 6. The molecule has 0 fully saturated rings. The van der Waals surface area contributed by atoms with Gasteiger partial charge >= 0.3 is 0 Å². The highest BCUT2D eigenvalue weighted by molar-refractivity contribution is 6.08. The summed E-state index contributed by atoms with van der Waals surface area (Å²) in [5.74, 6) is -0.620. The van der Waals surface area contributed by atoms with E-state index >= 15 is 0 Å². The summed E-state index contributed by atoms with van der Waals surface area (Å²) in [6.45, 7) is 3.29. The third kappa shape index (κ3) is 4.78. The molecule has 0 bridgehead atoms. The first-order valence-electron chi connectivity index (χ1n) is 11.2. The molecule has 0 atom stereocenters. The monoisotopic (exact) mass is 496 g/mol. The summed E-state index contributed by atoms with van der Waals surface area (Å²) in [7, 11) is 0. The van der Waals surface area contributed by atoms with Crippen molar-refractivity contribution in [3.05, 3.63) is 88.1 Å². The number of anilines is 2. The number of aryl methyl sites for hydroxylation is 1. The summed E-state index contributed by atoms with van der Waals surface area (Å²) in [6.07, 6.45) is 1.63. The number of nitro benzene ring substituents is 1. The van der Waals surface area contributed by atoms with Gasteiger partial charge in [0.2, 0.25) is 11.8 Å². The lowest BCUT2D eigenvalue weighted by atomic mass is 10.1.